The molecule has 0 aliphatic heterocycles. The minimum absolute atomic E-state index is 0.00655. The van der Waals surface area contributed by atoms with E-state index >= 15 is 0 Å². The van der Waals surface area contributed by atoms with Crippen LogP contribution in [0.15, 0.2) is 60.7 Å². The van der Waals surface area contributed by atoms with Crippen LogP contribution in [-0.2, 0) is 0 Å². The molecule has 2 unspecified atom stereocenters. The molecule has 0 aliphatic rings. The normalized spacial score (nSPS) is 13.1. The quantitative estimate of drug-likeness (QED) is 0.436. The summed E-state index contributed by atoms with van der Waals surface area (Å²) < 4.78 is 0. The first-order valence-electron chi connectivity index (χ1n) is 7.81. The molecular weight excluding hydrogens is 351 g/mol. The fraction of sp³-hybridized carbons (Fsp3) is 0.333. The fourth-order valence-corrected chi connectivity index (χ4v) is 14.8. The molecule has 0 nitrogen and oxygen atoms in total. The molecule has 0 N–H and O–H groups in total. The van der Waals surface area contributed by atoms with E-state index in [0.29, 0.717) is 0 Å². The van der Waals surface area contributed by atoms with E-state index in [2.05, 4.69) is 74.5 Å². The van der Waals surface area contributed by atoms with Gasteiger partial charge < -0.3 is 0 Å². The van der Waals surface area contributed by atoms with Gasteiger partial charge in [-0.2, -0.15) is 0 Å². The third-order valence-electron chi connectivity index (χ3n) is 3.79. The van der Waals surface area contributed by atoms with Crippen LogP contribution in [0.5, 0.6) is 0 Å². The van der Waals surface area contributed by atoms with Crippen molar-refractivity contribution in [3.8, 4) is 0 Å². The molecule has 0 heterocycles. The van der Waals surface area contributed by atoms with Gasteiger partial charge in [0.15, 0.2) is 0 Å². The Morgan fingerprint density at radius 3 is 2.00 bits per heavy atom. The van der Waals surface area contributed by atoms with Gasteiger partial charge in [-0.25, -0.2) is 0 Å². The molecule has 1 radical (unpaired) electrons. The van der Waals surface area contributed by atoms with Gasteiger partial charge >= 0.3 is 137 Å². The fourth-order valence-electron chi connectivity index (χ4n) is 2.40. The van der Waals surface area contributed by atoms with E-state index in [1.165, 1.54) is 22.0 Å². The number of hydrogen-bond acceptors (Lipinski definition) is 0. The molecule has 2 aromatic rings. The van der Waals surface area contributed by atoms with Crippen molar-refractivity contribution in [3.05, 3.63) is 60.7 Å². The van der Waals surface area contributed by atoms with Gasteiger partial charge in [0.25, 0.3) is 0 Å². The van der Waals surface area contributed by atoms with Gasteiger partial charge in [-0.1, -0.05) is 0 Å². The Bertz CT molecular complexity index is 497. The van der Waals surface area contributed by atoms with Crippen molar-refractivity contribution in [1.29, 1.82) is 0 Å². The third kappa shape index (κ3) is 5.86. The second-order valence-corrected chi connectivity index (χ2v) is 17.2. The molecule has 0 fully saturated rings. The summed E-state index contributed by atoms with van der Waals surface area (Å²) in [5, 5.41) is 7.65. The number of benzene rings is 2. The Balaban J connectivity index is 2.07. The summed E-state index contributed by atoms with van der Waals surface area (Å²) >= 11 is -0.731. The second kappa shape index (κ2) is 9.78. The first kappa shape index (κ1) is 17.2. The topological polar surface area (TPSA) is 0 Å². The molecule has 21 heavy (non-hydrogen) atoms. The van der Waals surface area contributed by atoms with Crippen molar-refractivity contribution in [1.82, 2.24) is 0 Å². The van der Waals surface area contributed by atoms with Crippen molar-refractivity contribution >= 4 is 40.8 Å². The Labute approximate surface area is 137 Å². The van der Waals surface area contributed by atoms with Crippen LogP contribution in [0.1, 0.15) is 13.8 Å². The summed E-state index contributed by atoms with van der Waals surface area (Å²) in [7, 11) is 0.960. The Morgan fingerprint density at radius 2 is 1.43 bits per heavy atom. The molecular formula is C18H25GeP2. The maximum absolute atomic E-state index is 2.41. The first-order chi connectivity index (χ1) is 10.3. The van der Waals surface area contributed by atoms with Crippen molar-refractivity contribution in [3.63, 3.8) is 0 Å². The van der Waals surface area contributed by atoms with Gasteiger partial charge in [-0.3, -0.25) is 0 Å². The molecule has 3 heteroatoms. The summed E-state index contributed by atoms with van der Waals surface area (Å²) in [4.78, 5) is 0. The summed E-state index contributed by atoms with van der Waals surface area (Å²) in [6.45, 7) is 4.81. The van der Waals surface area contributed by atoms with E-state index in [1.54, 1.807) is 10.6 Å². The maximum atomic E-state index is 2.41. The molecule has 2 rings (SSSR count). The third-order valence-corrected chi connectivity index (χ3v) is 16.4. The van der Waals surface area contributed by atoms with Crippen molar-refractivity contribution in [2.24, 2.45) is 0 Å². The zero-order valence-electron chi connectivity index (χ0n) is 13.0. The van der Waals surface area contributed by atoms with Crippen molar-refractivity contribution in [2.75, 3.05) is 6.16 Å². The summed E-state index contributed by atoms with van der Waals surface area (Å²) in [6.07, 6.45) is 1.45. The van der Waals surface area contributed by atoms with Crippen molar-refractivity contribution in [2.45, 2.75) is 29.6 Å². The van der Waals surface area contributed by atoms with Crippen LogP contribution < -0.4 is 10.6 Å². The second-order valence-electron chi connectivity index (χ2n) is 5.17. The van der Waals surface area contributed by atoms with Gasteiger partial charge in [0.1, 0.15) is 0 Å². The number of rotatable bonds is 8. The SMILES string of the molecule is C[CH2][Ge]([CH2]C)[CH2]CP(Pc1ccccc1)c1ccccc1. The average Bonchev–Trinajstić information content (AvgIpc) is 2.56. The summed E-state index contributed by atoms with van der Waals surface area (Å²) in [5.41, 5.74) is 0. The van der Waals surface area contributed by atoms with Crippen LogP contribution in [-0.4, -0.2) is 20.5 Å². The molecule has 2 atom stereocenters. The van der Waals surface area contributed by atoms with Gasteiger partial charge in [0, 0.05) is 0 Å². The predicted molar refractivity (Wildman–Crippen MR) is 104 cm³/mol. The van der Waals surface area contributed by atoms with Gasteiger partial charge in [0.2, 0.25) is 0 Å². The van der Waals surface area contributed by atoms with Crippen LogP contribution in [0.4, 0.5) is 0 Å². The van der Waals surface area contributed by atoms with Gasteiger partial charge in [0.05, 0.1) is 0 Å². The van der Waals surface area contributed by atoms with Crippen LogP contribution in [0, 0.1) is 0 Å². The zero-order chi connectivity index (χ0) is 14.9. The molecule has 0 bridgehead atoms. The van der Waals surface area contributed by atoms with Crippen LogP contribution in [0.3, 0.4) is 0 Å². The van der Waals surface area contributed by atoms with Crippen molar-refractivity contribution < 1.29 is 0 Å². The van der Waals surface area contributed by atoms with E-state index in [0.717, 1.165) is 8.27 Å². The molecule has 0 aliphatic carbocycles. The molecule has 0 spiro atoms. The summed E-state index contributed by atoms with van der Waals surface area (Å²) in [6, 6.07) is 22.3. The molecule has 0 amide bonds. The van der Waals surface area contributed by atoms with Crippen LogP contribution in [0.2, 0.25) is 15.8 Å². The molecule has 0 saturated carbocycles. The monoisotopic (exact) mass is 377 g/mol. The number of hydrogen-bond donors (Lipinski definition) is 0. The van der Waals surface area contributed by atoms with E-state index in [9.17, 15) is 0 Å². The first-order valence-corrected chi connectivity index (χ1v) is 15.6. The average molecular weight is 376 g/mol. The minimum atomic E-state index is -0.731. The molecule has 111 valence electrons. The zero-order valence-corrected chi connectivity index (χ0v) is 17.0. The van der Waals surface area contributed by atoms with E-state index in [4.69, 9.17) is 0 Å². The predicted octanol–water partition coefficient (Wildman–Crippen LogP) is 5.25. The molecule has 0 saturated heterocycles. The van der Waals surface area contributed by atoms with E-state index in [-0.39, 0.29) is 7.61 Å². The van der Waals surface area contributed by atoms with Crippen LogP contribution in [0.25, 0.3) is 0 Å². The van der Waals surface area contributed by atoms with Gasteiger partial charge in [-0.05, 0) is 0 Å². The standard InChI is InChI=1S/C18H25GeP2/c1-3-19(4-2)15-16-21(18-13-9-6-10-14-18)20-17-11-7-5-8-12-17/h5-14,20H,3-4,15-16H2,1-2H3. The van der Waals surface area contributed by atoms with Crippen LogP contribution >= 0.6 is 15.9 Å². The van der Waals surface area contributed by atoms with E-state index < -0.39 is 14.3 Å². The summed E-state index contributed by atoms with van der Waals surface area (Å²) in [5.74, 6) is 0. The van der Waals surface area contributed by atoms with Gasteiger partial charge in [-0.15, -0.1) is 0 Å². The van der Waals surface area contributed by atoms with E-state index in [1.807, 2.05) is 0 Å². The molecule has 0 aromatic heterocycles. The Hall–Kier alpha value is -0.157. The Morgan fingerprint density at radius 1 is 0.857 bits per heavy atom. The molecule has 2 aromatic carbocycles. The Kier molecular flexibility index (Phi) is 8.01.